The van der Waals surface area contributed by atoms with Gasteiger partial charge in [0.25, 0.3) is 0 Å². The summed E-state index contributed by atoms with van der Waals surface area (Å²) in [5.41, 5.74) is 0.0400. The molecule has 0 N–H and O–H groups in total. The fraction of sp³-hybridized carbons (Fsp3) is 0.700. The average Bonchev–Trinajstić information content (AvgIpc) is 2.58. The van der Waals surface area contributed by atoms with Crippen molar-refractivity contribution in [2.45, 2.75) is 70.6 Å². The first-order valence-corrected chi connectivity index (χ1v) is 9.70. The normalized spacial score (nSPS) is 25.1. The first kappa shape index (κ1) is 19.6. The van der Waals surface area contributed by atoms with Crippen molar-refractivity contribution < 1.29 is 14.3 Å². The highest BCUT2D eigenvalue weighted by molar-refractivity contribution is 5.97. The van der Waals surface area contributed by atoms with Gasteiger partial charge in [-0.3, -0.25) is 4.79 Å². The maximum Gasteiger partial charge on any atom is 0.410 e. The summed E-state index contributed by atoms with van der Waals surface area (Å²) in [6.07, 6.45) is 7.29. The molecule has 7 nitrogen and oxygen atoms in total. The number of anilines is 1. The van der Waals surface area contributed by atoms with E-state index in [0.29, 0.717) is 24.4 Å². The Kier molecular flexibility index (Phi) is 5.40. The van der Waals surface area contributed by atoms with Gasteiger partial charge in [0.1, 0.15) is 5.60 Å². The predicted octanol–water partition coefficient (Wildman–Crippen LogP) is 3.29. The van der Waals surface area contributed by atoms with Gasteiger partial charge in [-0.25, -0.2) is 14.8 Å². The summed E-state index contributed by atoms with van der Waals surface area (Å²) < 4.78 is 5.61. The van der Waals surface area contributed by atoms with E-state index in [-0.39, 0.29) is 29.9 Å². The molecule has 2 bridgehead atoms. The minimum Gasteiger partial charge on any atom is -0.444 e. The molecular weight excluding hydrogens is 344 g/mol. The van der Waals surface area contributed by atoms with E-state index in [0.717, 1.165) is 19.3 Å². The number of amides is 1. The maximum atomic E-state index is 13.0. The molecule has 2 saturated heterocycles. The van der Waals surface area contributed by atoms with Crippen LogP contribution in [-0.4, -0.2) is 58.5 Å². The highest BCUT2D eigenvalue weighted by atomic mass is 16.6. The summed E-state index contributed by atoms with van der Waals surface area (Å²) >= 11 is 0. The molecule has 2 aliphatic rings. The molecule has 2 aliphatic heterocycles. The van der Waals surface area contributed by atoms with Gasteiger partial charge in [-0.2, -0.15) is 0 Å². The minimum absolute atomic E-state index is 0.0725. The smallest absolute Gasteiger partial charge is 0.410 e. The van der Waals surface area contributed by atoms with Gasteiger partial charge in [0.2, 0.25) is 5.95 Å². The fourth-order valence-electron chi connectivity index (χ4n) is 4.12. The van der Waals surface area contributed by atoms with Crippen molar-refractivity contribution in [2.75, 3.05) is 19.0 Å². The van der Waals surface area contributed by atoms with Gasteiger partial charge in [0.05, 0.1) is 5.56 Å². The summed E-state index contributed by atoms with van der Waals surface area (Å²) in [6.45, 7) is 5.65. The van der Waals surface area contributed by atoms with E-state index in [2.05, 4.69) is 9.97 Å². The minimum atomic E-state index is -0.510. The van der Waals surface area contributed by atoms with Crippen molar-refractivity contribution in [2.24, 2.45) is 5.92 Å². The van der Waals surface area contributed by atoms with Crippen molar-refractivity contribution in [3.05, 3.63) is 18.0 Å². The van der Waals surface area contributed by atoms with Crippen LogP contribution < -0.4 is 4.90 Å². The van der Waals surface area contributed by atoms with Crippen LogP contribution in [0.5, 0.6) is 0 Å². The molecule has 2 unspecified atom stereocenters. The molecular formula is C20H30N4O3. The van der Waals surface area contributed by atoms with Crippen molar-refractivity contribution in [1.82, 2.24) is 14.9 Å². The molecule has 0 aliphatic carbocycles. The molecule has 0 aromatic carbocycles. The SMILES string of the molecule is CN(C)c1ncc(C(=O)C2CC3CCCC(C2)N3C(=O)OC(C)(C)C)cn1. The summed E-state index contributed by atoms with van der Waals surface area (Å²) in [5, 5.41) is 0. The summed E-state index contributed by atoms with van der Waals surface area (Å²) in [4.78, 5) is 37.9. The Morgan fingerprint density at radius 1 is 1.11 bits per heavy atom. The van der Waals surface area contributed by atoms with E-state index in [1.165, 1.54) is 0 Å². The second kappa shape index (κ2) is 7.44. The second-order valence-electron chi connectivity index (χ2n) is 8.82. The first-order chi connectivity index (χ1) is 12.7. The third-order valence-electron chi connectivity index (χ3n) is 5.27. The largest absolute Gasteiger partial charge is 0.444 e. The molecule has 0 saturated carbocycles. The molecule has 0 spiro atoms. The number of carbonyl (C=O) groups excluding carboxylic acids is 2. The predicted molar refractivity (Wildman–Crippen MR) is 103 cm³/mol. The van der Waals surface area contributed by atoms with E-state index in [9.17, 15) is 9.59 Å². The van der Waals surface area contributed by atoms with E-state index in [1.807, 2.05) is 39.8 Å². The van der Waals surface area contributed by atoms with Gasteiger partial charge < -0.3 is 14.5 Å². The highest BCUT2D eigenvalue weighted by Crippen LogP contribution is 2.39. The van der Waals surface area contributed by atoms with Crippen LogP contribution in [0.3, 0.4) is 0 Å². The number of fused-ring (bicyclic) bond motifs is 2. The van der Waals surface area contributed by atoms with Crippen LogP contribution in [0.25, 0.3) is 0 Å². The molecule has 27 heavy (non-hydrogen) atoms. The number of hydrogen-bond acceptors (Lipinski definition) is 6. The van der Waals surface area contributed by atoms with Crippen molar-refractivity contribution in [1.29, 1.82) is 0 Å². The summed E-state index contributed by atoms with van der Waals surface area (Å²) in [6, 6.07) is 0.145. The standard InChI is InChI=1S/C20H30N4O3/c1-20(2,3)27-19(26)24-15-7-6-8-16(24)10-13(9-15)17(25)14-11-21-18(22-12-14)23(4)5/h11-13,15-16H,6-10H2,1-5H3. The Hall–Kier alpha value is -2.18. The lowest BCUT2D eigenvalue weighted by Crippen LogP contribution is -2.56. The zero-order valence-electron chi connectivity index (χ0n) is 16.9. The molecule has 0 radical (unpaired) electrons. The van der Waals surface area contributed by atoms with Gasteiger partial charge >= 0.3 is 6.09 Å². The van der Waals surface area contributed by atoms with Gasteiger partial charge in [-0.05, 0) is 52.9 Å². The number of rotatable bonds is 3. The summed E-state index contributed by atoms with van der Waals surface area (Å²) in [7, 11) is 3.73. The number of nitrogens with zero attached hydrogens (tertiary/aromatic N) is 4. The maximum absolute atomic E-state index is 13.0. The van der Waals surface area contributed by atoms with Crippen molar-refractivity contribution in [3.63, 3.8) is 0 Å². The molecule has 2 atom stereocenters. The summed E-state index contributed by atoms with van der Waals surface area (Å²) in [5.74, 6) is 0.581. The Labute approximate surface area is 161 Å². The number of hydrogen-bond donors (Lipinski definition) is 0. The lowest BCUT2D eigenvalue weighted by Gasteiger charge is -2.48. The van der Waals surface area contributed by atoms with Crippen LogP contribution in [0.15, 0.2) is 12.4 Å². The number of aromatic nitrogens is 2. The molecule has 3 rings (SSSR count). The van der Waals surface area contributed by atoms with Crippen LogP contribution in [-0.2, 0) is 4.74 Å². The van der Waals surface area contributed by atoms with E-state index in [1.54, 1.807) is 17.3 Å². The van der Waals surface area contributed by atoms with Crippen LogP contribution in [0, 0.1) is 5.92 Å². The lowest BCUT2D eigenvalue weighted by molar-refractivity contribution is -0.0260. The molecule has 148 valence electrons. The second-order valence-corrected chi connectivity index (χ2v) is 8.82. The van der Waals surface area contributed by atoms with Crippen molar-refractivity contribution in [3.8, 4) is 0 Å². The molecule has 3 heterocycles. The molecule has 1 aromatic rings. The zero-order chi connectivity index (χ0) is 19.8. The molecule has 2 fully saturated rings. The first-order valence-electron chi connectivity index (χ1n) is 9.70. The molecule has 1 aromatic heterocycles. The van der Waals surface area contributed by atoms with Crippen molar-refractivity contribution >= 4 is 17.8 Å². The Balaban J connectivity index is 1.72. The number of carbonyl (C=O) groups is 2. The van der Waals surface area contributed by atoms with Crippen LogP contribution >= 0.6 is 0 Å². The topological polar surface area (TPSA) is 75.6 Å². The van der Waals surface area contributed by atoms with Crippen LogP contribution in [0.1, 0.15) is 63.2 Å². The third-order valence-corrected chi connectivity index (χ3v) is 5.27. The lowest BCUT2D eigenvalue weighted by atomic mass is 9.76. The van der Waals surface area contributed by atoms with Gasteiger partial charge in [-0.1, -0.05) is 0 Å². The zero-order valence-corrected chi connectivity index (χ0v) is 16.9. The number of Topliss-reactive ketones (excluding diaryl/α,β-unsaturated/α-hetero) is 1. The Morgan fingerprint density at radius 2 is 1.67 bits per heavy atom. The number of ketones is 1. The third kappa shape index (κ3) is 4.39. The number of piperidine rings is 2. The van der Waals surface area contributed by atoms with E-state index in [4.69, 9.17) is 4.74 Å². The quantitative estimate of drug-likeness (QED) is 0.756. The highest BCUT2D eigenvalue weighted by Gasteiger charge is 2.44. The van der Waals surface area contributed by atoms with Gasteiger partial charge in [0.15, 0.2) is 5.78 Å². The number of ether oxygens (including phenoxy) is 1. The fourth-order valence-corrected chi connectivity index (χ4v) is 4.12. The Bertz CT molecular complexity index is 682. The average molecular weight is 374 g/mol. The Morgan fingerprint density at radius 3 is 2.15 bits per heavy atom. The van der Waals surface area contributed by atoms with Crippen LogP contribution in [0.4, 0.5) is 10.7 Å². The van der Waals surface area contributed by atoms with E-state index < -0.39 is 5.60 Å². The van der Waals surface area contributed by atoms with Gasteiger partial charge in [-0.15, -0.1) is 0 Å². The molecule has 7 heteroatoms. The van der Waals surface area contributed by atoms with Gasteiger partial charge in [0, 0.05) is 44.5 Å². The monoisotopic (exact) mass is 374 g/mol. The van der Waals surface area contributed by atoms with E-state index >= 15 is 0 Å². The van der Waals surface area contributed by atoms with Crippen LogP contribution in [0.2, 0.25) is 0 Å². The molecule has 1 amide bonds.